The Morgan fingerprint density at radius 2 is 1.81 bits per heavy atom. The van der Waals surface area contributed by atoms with E-state index in [-0.39, 0.29) is 5.91 Å². The fourth-order valence-corrected chi connectivity index (χ4v) is 6.04. The van der Waals surface area contributed by atoms with Crippen molar-refractivity contribution in [2.75, 3.05) is 26.2 Å². The second kappa shape index (κ2) is 9.32. The van der Waals surface area contributed by atoms with Crippen LogP contribution in [0.3, 0.4) is 0 Å². The van der Waals surface area contributed by atoms with Crippen molar-refractivity contribution in [3.63, 3.8) is 0 Å². The van der Waals surface area contributed by atoms with E-state index in [2.05, 4.69) is 44.6 Å². The second-order valence-electron chi connectivity index (χ2n) is 10.4. The number of carbonyl (C=O) groups excluding carboxylic acids is 1. The molecule has 2 aliphatic rings. The number of aryl methyl sites for hydroxylation is 3. The van der Waals surface area contributed by atoms with Gasteiger partial charge in [0.1, 0.15) is 22.9 Å². The molecule has 6 rings (SSSR count). The number of H-pyrrole nitrogens is 1. The lowest BCUT2D eigenvalue weighted by Crippen LogP contribution is -2.46. The van der Waals surface area contributed by atoms with E-state index in [1.54, 1.807) is 0 Å². The minimum atomic E-state index is 0.115. The van der Waals surface area contributed by atoms with Gasteiger partial charge < -0.3 is 19.4 Å². The summed E-state index contributed by atoms with van der Waals surface area (Å²) in [5.74, 6) is 1.89. The fraction of sp³-hybridized carbons (Fsp3) is 0.500. The van der Waals surface area contributed by atoms with Crippen LogP contribution in [-0.4, -0.2) is 72.4 Å². The van der Waals surface area contributed by atoms with E-state index >= 15 is 0 Å². The van der Waals surface area contributed by atoms with Crippen LogP contribution >= 0.6 is 0 Å². The number of carbonyl (C=O) groups is 1. The maximum absolute atomic E-state index is 13.3. The predicted molar refractivity (Wildman–Crippen MR) is 141 cm³/mol. The van der Waals surface area contributed by atoms with Crippen LogP contribution in [0.25, 0.3) is 22.1 Å². The molecule has 4 aromatic rings. The van der Waals surface area contributed by atoms with Crippen molar-refractivity contribution in [3.05, 3.63) is 52.9 Å². The summed E-state index contributed by atoms with van der Waals surface area (Å²) in [5, 5.41) is 1.06. The molecule has 2 aliphatic heterocycles. The standard InChI is InChI=1S/C28H35N7O/c1-4-25-32-26-18(2)29-19(3)30-27(26)35(25)17-20-7-8-23-21(15-20)16-24(31-23)28(36)34-13-9-22(10-14-34)33-11-5-6-12-33/h7-8,15-16,22,31H,4-6,9-14,17H2,1-3H3. The number of imidazole rings is 1. The first-order valence-corrected chi connectivity index (χ1v) is 13.4. The first kappa shape index (κ1) is 23.2. The van der Waals surface area contributed by atoms with Gasteiger partial charge in [-0.15, -0.1) is 0 Å². The molecule has 1 aromatic carbocycles. The monoisotopic (exact) mass is 485 g/mol. The number of nitrogens with one attached hydrogen (secondary N) is 1. The van der Waals surface area contributed by atoms with E-state index in [4.69, 9.17) is 9.97 Å². The summed E-state index contributed by atoms with van der Waals surface area (Å²) in [6, 6.07) is 9.04. The zero-order chi connectivity index (χ0) is 24.8. The molecule has 0 aliphatic carbocycles. The van der Waals surface area contributed by atoms with Gasteiger partial charge in [-0.05, 0) is 76.4 Å². The largest absolute Gasteiger partial charge is 0.351 e. The minimum absolute atomic E-state index is 0.115. The number of amides is 1. The average molecular weight is 486 g/mol. The number of hydrogen-bond acceptors (Lipinski definition) is 5. The molecular weight excluding hydrogens is 450 g/mol. The normalized spacial score (nSPS) is 17.6. The Labute approximate surface area is 211 Å². The third-order valence-corrected chi connectivity index (χ3v) is 7.94. The summed E-state index contributed by atoms with van der Waals surface area (Å²) >= 11 is 0. The summed E-state index contributed by atoms with van der Waals surface area (Å²) in [6.45, 7) is 10.9. The van der Waals surface area contributed by atoms with Gasteiger partial charge in [0.15, 0.2) is 5.65 Å². The van der Waals surface area contributed by atoms with Crippen LogP contribution in [0.1, 0.15) is 66.0 Å². The van der Waals surface area contributed by atoms with Gasteiger partial charge in [0, 0.05) is 36.5 Å². The van der Waals surface area contributed by atoms with Crippen molar-refractivity contribution >= 4 is 28.0 Å². The highest BCUT2D eigenvalue weighted by molar-refractivity contribution is 5.98. The van der Waals surface area contributed by atoms with Crippen LogP contribution < -0.4 is 0 Å². The molecule has 0 bridgehead atoms. The lowest BCUT2D eigenvalue weighted by atomic mass is 10.0. The summed E-state index contributed by atoms with van der Waals surface area (Å²) in [7, 11) is 0. The topological polar surface area (TPSA) is 82.9 Å². The molecule has 0 spiro atoms. The molecule has 0 atom stereocenters. The number of aromatic nitrogens is 5. The molecule has 0 saturated carbocycles. The number of hydrogen-bond donors (Lipinski definition) is 1. The predicted octanol–water partition coefficient (Wildman–Crippen LogP) is 4.24. The molecule has 0 unspecified atom stereocenters. The number of aromatic amines is 1. The van der Waals surface area contributed by atoms with Crippen molar-refractivity contribution in [3.8, 4) is 0 Å². The van der Waals surface area contributed by atoms with E-state index in [1.165, 1.54) is 25.9 Å². The van der Waals surface area contributed by atoms with E-state index in [0.29, 0.717) is 18.3 Å². The average Bonchev–Trinajstić information content (AvgIpc) is 3.63. The van der Waals surface area contributed by atoms with Crippen molar-refractivity contribution in [1.29, 1.82) is 0 Å². The number of likely N-dealkylation sites (tertiary alicyclic amines) is 2. The second-order valence-corrected chi connectivity index (χ2v) is 10.4. The van der Waals surface area contributed by atoms with Gasteiger partial charge in [-0.2, -0.15) is 0 Å². The zero-order valence-corrected chi connectivity index (χ0v) is 21.5. The summed E-state index contributed by atoms with van der Waals surface area (Å²) in [4.78, 5) is 35.3. The van der Waals surface area contributed by atoms with Gasteiger partial charge in [0.05, 0.1) is 12.2 Å². The molecule has 8 nitrogen and oxygen atoms in total. The summed E-state index contributed by atoms with van der Waals surface area (Å²) in [5.41, 5.74) is 5.52. The van der Waals surface area contributed by atoms with E-state index < -0.39 is 0 Å². The van der Waals surface area contributed by atoms with Crippen LogP contribution in [0.2, 0.25) is 0 Å². The van der Waals surface area contributed by atoms with Crippen molar-refractivity contribution < 1.29 is 4.79 Å². The highest BCUT2D eigenvalue weighted by atomic mass is 16.2. The molecule has 8 heteroatoms. The maximum Gasteiger partial charge on any atom is 0.270 e. The number of fused-ring (bicyclic) bond motifs is 2. The van der Waals surface area contributed by atoms with Gasteiger partial charge in [-0.3, -0.25) is 4.79 Å². The molecule has 2 saturated heterocycles. The molecular formula is C28H35N7O. The molecule has 188 valence electrons. The van der Waals surface area contributed by atoms with E-state index in [0.717, 1.165) is 77.3 Å². The summed E-state index contributed by atoms with van der Waals surface area (Å²) < 4.78 is 2.20. The molecule has 1 amide bonds. The zero-order valence-electron chi connectivity index (χ0n) is 21.5. The fourth-order valence-electron chi connectivity index (χ4n) is 6.04. The van der Waals surface area contributed by atoms with Crippen LogP contribution in [0, 0.1) is 13.8 Å². The quantitative estimate of drug-likeness (QED) is 0.457. The number of benzene rings is 1. The van der Waals surface area contributed by atoms with Gasteiger partial charge in [0.25, 0.3) is 5.91 Å². The van der Waals surface area contributed by atoms with Crippen molar-refractivity contribution in [1.82, 2.24) is 34.3 Å². The first-order chi connectivity index (χ1) is 17.5. The number of piperidine rings is 1. The number of rotatable bonds is 5. The Morgan fingerprint density at radius 3 is 2.56 bits per heavy atom. The Hall–Kier alpha value is -3.26. The number of nitrogens with zero attached hydrogens (tertiary/aromatic N) is 6. The third-order valence-electron chi connectivity index (χ3n) is 7.94. The maximum atomic E-state index is 13.3. The molecule has 36 heavy (non-hydrogen) atoms. The molecule has 0 radical (unpaired) electrons. The van der Waals surface area contributed by atoms with Gasteiger partial charge in [-0.25, -0.2) is 15.0 Å². The smallest absolute Gasteiger partial charge is 0.270 e. The Morgan fingerprint density at radius 1 is 1.03 bits per heavy atom. The molecule has 5 heterocycles. The lowest BCUT2D eigenvalue weighted by molar-refractivity contribution is 0.0639. The highest BCUT2D eigenvalue weighted by Gasteiger charge is 2.29. The Bertz CT molecular complexity index is 1420. The van der Waals surface area contributed by atoms with E-state index in [9.17, 15) is 4.79 Å². The minimum Gasteiger partial charge on any atom is -0.351 e. The van der Waals surface area contributed by atoms with Gasteiger partial charge >= 0.3 is 0 Å². The first-order valence-electron chi connectivity index (χ1n) is 13.4. The molecule has 1 N–H and O–H groups in total. The van der Waals surface area contributed by atoms with Crippen molar-refractivity contribution in [2.45, 2.75) is 65.5 Å². The summed E-state index contributed by atoms with van der Waals surface area (Å²) in [6.07, 6.45) is 5.63. The van der Waals surface area contributed by atoms with Crippen molar-refractivity contribution in [2.24, 2.45) is 0 Å². The Kier molecular flexibility index (Phi) is 5.99. The van der Waals surface area contributed by atoms with Gasteiger partial charge in [0.2, 0.25) is 0 Å². The van der Waals surface area contributed by atoms with Gasteiger partial charge in [-0.1, -0.05) is 13.0 Å². The molecule has 3 aromatic heterocycles. The van der Waals surface area contributed by atoms with Crippen LogP contribution in [0.4, 0.5) is 0 Å². The van der Waals surface area contributed by atoms with E-state index in [1.807, 2.05) is 24.8 Å². The molecule has 2 fully saturated rings. The van der Waals surface area contributed by atoms with Crippen LogP contribution in [0.5, 0.6) is 0 Å². The van der Waals surface area contributed by atoms with Crippen LogP contribution in [-0.2, 0) is 13.0 Å². The SMILES string of the molecule is CCc1nc2c(C)nc(C)nc2n1Cc1ccc2[nH]c(C(=O)N3CCC(N4CCCC4)CC3)cc2c1. The van der Waals surface area contributed by atoms with Crippen LogP contribution in [0.15, 0.2) is 24.3 Å². The lowest BCUT2D eigenvalue weighted by Gasteiger charge is -2.36. The Balaban J connectivity index is 1.21. The third kappa shape index (κ3) is 4.17. The highest BCUT2D eigenvalue weighted by Crippen LogP contribution is 2.25.